The highest BCUT2D eigenvalue weighted by molar-refractivity contribution is 5.82. The average Bonchev–Trinajstić information content (AvgIpc) is 2.18. The third-order valence-corrected chi connectivity index (χ3v) is 1.91. The molecule has 3 nitrogen and oxygen atoms in total. The van der Waals surface area contributed by atoms with Crippen LogP contribution in [0.4, 0.5) is 4.39 Å². The van der Waals surface area contributed by atoms with Gasteiger partial charge in [0.25, 0.3) is 0 Å². The minimum Gasteiger partial charge on any atom is -0.493 e. The molecule has 0 saturated carbocycles. The molecule has 0 unspecified atom stereocenters. The number of benzene rings is 1. The summed E-state index contributed by atoms with van der Waals surface area (Å²) in [5.74, 6) is -0.300. The number of fused-ring (bicyclic) bond motifs is 1. The number of hydrogen-bond acceptors (Lipinski definition) is 3. The molecule has 0 aliphatic carbocycles. The Morgan fingerprint density at radius 3 is 2.93 bits per heavy atom. The third kappa shape index (κ3) is 1.25. The van der Waals surface area contributed by atoms with E-state index in [-0.39, 0.29) is 22.1 Å². The fraction of sp³-hybridized carbons (Fsp3) is 0.100. The van der Waals surface area contributed by atoms with Crippen molar-refractivity contribution in [3.63, 3.8) is 0 Å². The van der Waals surface area contributed by atoms with Crippen LogP contribution >= 0.6 is 0 Å². The summed E-state index contributed by atoms with van der Waals surface area (Å²) in [5.41, 5.74) is -0.0227. The minimum absolute atomic E-state index is 0.185. The van der Waals surface area contributed by atoms with Gasteiger partial charge in [-0.25, -0.2) is 4.39 Å². The number of halogens is 1. The summed E-state index contributed by atoms with van der Waals surface area (Å²) in [4.78, 5) is 11.3. The van der Waals surface area contributed by atoms with E-state index < -0.39 is 5.82 Å². The molecule has 0 amide bonds. The molecule has 0 fully saturated rings. The Labute approximate surface area is 78.7 Å². The first kappa shape index (κ1) is 8.74. The predicted octanol–water partition coefficient (Wildman–Crippen LogP) is 1.94. The highest BCUT2D eigenvalue weighted by atomic mass is 19.1. The molecule has 2 aromatic rings. The molecule has 0 radical (unpaired) electrons. The van der Waals surface area contributed by atoms with E-state index in [1.165, 1.54) is 25.5 Å². The molecule has 0 spiro atoms. The lowest BCUT2D eigenvalue weighted by atomic mass is 10.2. The molecule has 0 bridgehead atoms. The van der Waals surface area contributed by atoms with Crippen LogP contribution in [0, 0.1) is 5.82 Å². The van der Waals surface area contributed by atoms with E-state index in [2.05, 4.69) is 0 Å². The summed E-state index contributed by atoms with van der Waals surface area (Å²) in [6.45, 7) is 0. The van der Waals surface area contributed by atoms with E-state index in [0.29, 0.717) is 0 Å². The van der Waals surface area contributed by atoms with Crippen molar-refractivity contribution in [1.82, 2.24) is 0 Å². The Kier molecular flexibility index (Phi) is 1.96. The maximum absolute atomic E-state index is 13.0. The quantitative estimate of drug-likeness (QED) is 0.696. The zero-order valence-corrected chi connectivity index (χ0v) is 7.41. The monoisotopic (exact) mass is 194 g/mol. The van der Waals surface area contributed by atoms with Gasteiger partial charge in [0, 0.05) is 12.1 Å². The number of hydrogen-bond donors (Lipinski definition) is 0. The molecule has 1 heterocycles. The van der Waals surface area contributed by atoms with Gasteiger partial charge in [-0.3, -0.25) is 4.79 Å². The molecule has 4 heteroatoms. The van der Waals surface area contributed by atoms with Crippen molar-refractivity contribution < 1.29 is 13.5 Å². The zero-order chi connectivity index (χ0) is 10.1. The number of methoxy groups -OCH3 is 1. The van der Waals surface area contributed by atoms with E-state index in [4.69, 9.17) is 9.15 Å². The Balaban J connectivity index is 2.95. The van der Waals surface area contributed by atoms with E-state index in [0.717, 1.165) is 6.07 Å². The molecule has 1 aromatic carbocycles. The Morgan fingerprint density at radius 2 is 2.21 bits per heavy atom. The van der Waals surface area contributed by atoms with E-state index in [9.17, 15) is 9.18 Å². The highest BCUT2D eigenvalue weighted by Gasteiger charge is 2.08. The van der Waals surface area contributed by atoms with E-state index in [1.54, 1.807) is 0 Å². The van der Waals surface area contributed by atoms with Gasteiger partial charge in [0.15, 0.2) is 16.8 Å². The molecule has 72 valence electrons. The summed E-state index contributed by atoms with van der Waals surface area (Å²) in [6.07, 6.45) is 1.26. The summed E-state index contributed by atoms with van der Waals surface area (Å²) >= 11 is 0. The molecule has 2 rings (SSSR count). The highest BCUT2D eigenvalue weighted by Crippen LogP contribution is 2.24. The molecule has 0 N–H and O–H groups in total. The first-order valence-electron chi connectivity index (χ1n) is 3.97. The van der Waals surface area contributed by atoms with Crippen LogP contribution in [-0.4, -0.2) is 7.11 Å². The fourth-order valence-corrected chi connectivity index (χ4v) is 1.28. The molecule has 1 aromatic heterocycles. The van der Waals surface area contributed by atoms with Crippen LogP contribution in [0.2, 0.25) is 0 Å². The minimum atomic E-state index is -0.521. The molecule has 0 saturated heterocycles. The lowest BCUT2D eigenvalue weighted by Gasteiger charge is -2.02. The van der Waals surface area contributed by atoms with Crippen molar-refractivity contribution >= 4 is 11.0 Å². The fourth-order valence-electron chi connectivity index (χ4n) is 1.28. The zero-order valence-electron chi connectivity index (χ0n) is 7.41. The van der Waals surface area contributed by atoms with Crippen molar-refractivity contribution in [2.75, 3.05) is 7.11 Å². The summed E-state index contributed by atoms with van der Waals surface area (Å²) in [6, 6.07) is 3.54. The SMILES string of the molecule is COc1cc(F)cc2c(=O)ccoc12. The van der Waals surface area contributed by atoms with Crippen molar-refractivity contribution in [3.8, 4) is 5.75 Å². The number of rotatable bonds is 1. The van der Waals surface area contributed by atoms with Gasteiger partial charge >= 0.3 is 0 Å². The second-order valence-corrected chi connectivity index (χ2v) is 2.77. The first-order valence-corrected chi connectivity index (χ1v) is 3.97. The predicted molar refractivity (Wildman–Crippen MR) is 49.0 cm³/mol. The maximum atomic E-state index is 13.0. The maximum Gasteiger partial charge on any atom is 0.192 e. The van der Waals surface area contributed by atoms with Gasteiger partial charge in [-0.05, 0) is 6.07 Å². The summed E-state index contributed by atoms with van der Waals surface area (Å²) < 4.78 is 23.0. The largest absolute Gasteiger partial charge is 0.493 e. The molecule has 14 heavy (non-hydrogen) atoms. The topological polar surface area (TPSA) is 39.4 Å². The Hall–Kier alpha value is -1.84. The second kappa shape index (κ2) is 3.14. The van der Waals surface area contributed by atoms with Crippen LogP contribution in [-0.2, 0) is 0 Å². The molecular formula is C10H7FO3. The van der Waals surface area contributed by atoms with Gasteiger partial charge in [0.05, 0.1) is 18.8 Å². The molecule has 0 aliphatic heterocycles. The van der Waals surface area contributed by atoms with Gasteiger partial charge in [0.1, 0.15) is 5.82 Å². The van der Waals surface area contributed by atoms with Crippen LogP contribution in [0.1, 0.15) is 0 Å². The van der Waals surface area contributed by atoms with Crippen molar-refractivity contribution in [1.29, 1.82) is 0 Å². The average molecular weight is 194 g/mol. The van der Waals surface area contributed by atoms with E-state index >= 15 is 0 Å². The molecule has 0 atom stereocenters. The lowest BCUT2D eigenvalue weighted by molar-refractivity contribution is 0.406. The van der Waals surface area contributed by atoms with Gasteiger partial charge < -0.3 is 9.15 Å². The second-order valence-electron chi connectivity index (χ2n) is 2.77. The summed E-state index contributed by atoms with van der Waals surface area (Å²) in [5, 5.41) is 0.185. The van der Waals surface area contributed by atoms with Crippen LogP contribution in [0.25, 0.3) is 11.0 Å². The third-order valence-electron chi connectivity index (χ3n) is 1.91. The van der Waals surface area contributed by atoms with E-state index in [1.807, 2.05) is 0 Å². The lowest BCUT2D eigenvalue weighted by Crippen LogP contribution is -1.99. The van der Waals surface area contributed by atoms with Crippen molar-refractivity contribution in [2.24, 2.45) is 0 Å². The van der Waals surface area contributed by atoms with Gasteiger partial charge in [-0.1, -0.05) is 0 Å². The Bertz CT molecular complexity index is 530. The number of ether oxygens (including phenoxy) is 1. The van der Waals surface area contributed by atoms with Gasteiger partial charge in [-0.2, -0.15) is 0 Å². The Morgan fingerprint density at radius 1 is 1.43 bits per heavy atom. The van der Waals surface area contributed by atoms with Gasteiger partial charge in [-0.15, -0.1) is 0 Å². The van der Waals surface area contributed by atoms with Crippen LogP contribution in [0.15, 0.2) is 33.7 Å². The normalized spacial score (nSPS) is 10.4. The standard InChI is InChI=1S/C10H7FO3/c1-13-9-5-6(11)4-7-8(12)2-3-14-10(7)9/h2-5H,1H3. The van der Waals surface area contributed by atoms with Crippen LogP contribution in [0.3, 0.4) is 0 Å². The van der Waals surface area contributed by atoms with Crippen LogP contribution in [0.5, 0.6) is 5.75 Å². The smallest absolute Gasteiger partial charge is 0.192 e. The summed E-state index contributed by atoms with van der Waals surface area (Å²) in [7, 11) is 1.39. The van der Waals surface area contributed by atoms with Gasteiger partial charge in [0.2, 0.25) is 0 Å². The van der Waals surface area contributed by atoms with Crippen molar-refractivity contribution in [2.45, 2.75) is 0 Å². The first-order chi connectivity index (χ1) is 6.72. The van der Waals surface area contributed by atoms with Crippen molar-refractivity contribution in [3.05, 3.63) is 40.5 Å². The van der Waals surface area contributed by atoms with Crippen LogP contribution < -0.4 is 10.2 Å². The molecular weight excluding hydrogens is 187 g/mol. The molecule has 0 aliphatic rings.